The lowest BCUT2D eigenvalue weighted by molar-refractivity contribution is 0.271. The molecule has 0 fully saturated rings. The molecule has 14 heavy (non-hydrogen) atoms. The smallest absolute Gasteiger partial charge is 0.272 e. The summed E-state index contributed by atoms with van der Waals surface area (Å²) in [6.45, 7) is 2.34. The standard InChI is InChI=1S/C10H12N2O2/c1-7-3-2-4-8-9(7)10(14)11-12(8)5-6-13/h2-4,13H,5-6H2,1H3,(H,11,14). The molecule has 0 saturated heterocycles. The first-order valence-corrected chi connectivity index (χ1v) is 4.53. The highest BCUT2D eigenvalue weighted by Crippen LogP contribution is 2.13. The number of nitrogens with zero attached hydrogens (tertiary/aromatic N) is 1. The number of nitrogens with one attached hydrogen (secondary N) is 1. The summed E-state index contributed by atoms with van der Waals surface area (Å²) in [4.78, 5) is 11.5. The predicted molar refractivity (Wildman–Crippen MR) is 54.4 cm³/mol. The van der Waals surface area contributed by atoms with Crippen LogP contribution in [0.5, 0.6) is 0 Å². The van der Waals surface area contributed by atoms with Gasteiger partial charge in [0.25, 0.3) is 5.56 Å². The minimum atomic E-state index is -0.0912. The van der Waals surface area contributed by atoms with Gasteiger partial charge >= 0.3 is 0 Å². The number of benzene rings is 1. The van der Waals surface area contributed by atoms with E-state index in [0.29, 0.717) is 11.9 Å². The van der Waals surface area contributed by atoms with Crippen LogP contribution in [0.15, 0.2) is 23.0 Å². The van der Waals surface area contributed by atoms with Crippen molar-refractivity contribution in [2.24, 2.45) is 0 Å². The van der Waals surface area contributed by atoms with Crippen LogP contribution in [0.2, 0.25) is 0 Å². The Balaban J connectivity index is 2.77. The normalized spacial score (nSPS) is 11.0. The fourth-order valence-electron chi connectivity index (χ4n) is 1.69. The molecule has 2 rings (SSSR count). The predicted octanol–water partition coefficient (Wildman–Crippen LogP) is 0.630. The van der Waals surface area contributed by atoms with Crippen molar-refractivity contribution in [3.63, 3.8) is 0 Å². The van der Waals surface area contributed by atoms with Crippen LogP contribution in [0.3, 0.4) is 0 Å². The monoisotopic (exact) mass is 192 g/mol. The Labute approximate surface area is 80.8 Å². The molecule has 2 N–H and O–H groups in total. The summed E-state index contributed by atoms with van der Waals surface area (Å²) in [7, 11) is 0. The lowest BCUT2D eigenvalue weighted by Gasteiger charge is -2.00. The zero-order valence-corrected chi connectivity index (χ0v) is 7.95. The molecule has 0 aliphatic carbocycles. The molecule has 0 unspecified atom stereocenters. The van der Waals surface area contributed by atoms with E-state index in [9.17, 15) is 4.79 Å². The van der Waals surface area contributed by atoms with E-state index in [1.807, 2.05) is 25.1 Å². The van der Waals surface area contributed by atoms with Crippen molar-refractivity contribution in [1.29, 1.82) is 0 Å². The summed E-state index contributed by atoms with van der Waals surface area (Å²) < 4.78 is 1.67. The molecular weight excluding hydrogens is 180 g/mol. The maximum atomic E-state index is 11.5. The van der Waals surface area contributed by atoms with Crippen molar-refractivity contribution < 1.29 is 5.11 Å². The van der Waals surface area contributed by atoms with Crippen LogP contribution >= 0.6 is 0 Å². The van der Waals surface area contributed by atoms with Crippen molar-refractivity contribution in [1.82, 2.24) is 9.78 Å². The van der Waals surface area contributed by atoms with Gasteiger partial charge in [0.2, 0.25) is 0 Å². The third kappa shape index (κ3) is 1.24. The first-order chi connectivity index (χ1) is 6.74. The van der Waals surface area contributed by atoms with E-state index in [0.717, 1.165) is 11.1 Å². The quantitative estimate of drug-likeness (QED) is 0.733. The van der Waals surface area contributed by atoms with Gasteiger partial charge in [0.1, 0.15) is 0 Å². The lowest BCUT2D eigenvalue weighted by atomic mass is 10.1. The first kappa shape index (κ1) is 9.02. The highest BCUT2D eigenvalue weighted by molar-refractivity contribution is 5.81. The number of hydrogen-bond donors (Lipinski definition) is 2. The lowest BCUT2D eigenvalue weighted by Crippen LogP contribution is -2.08. The molecule has 0 bridgehead atoms. The number of H-pyrrole nitrogens is 1. The second-order valence-corrected chi connectivity index (χ2v) is 3.29. The number of fused-ring (bicyclic) bond motifs is 1. The topological polar surface area (TPSA) is 58.0 Å². The van der Waals surface area contributed by atoms with Gasteiger partial charge in [0.15, 0.2) is 0 Å². The average Bonchev–Trinajstić information content (AvgIpc) is 2.46. The van der Waals surface area contributed by atoms with E-state index < -0.39 is 0 Å². The van der Waals surface area contributed by atoms with Gasteiger partial charge in [-0.3, -0.25) is 14.6 Å². The average molecular weight is 192 g/mol. The van der Waals surface area contributed by atoms with E-state index in [1.165, 1.54) is 0 Å². The van der Waals surface area contributed by atoms with Crippen molar-refractivity contribution in [3.8, 4) is 0 Å². The number of aliphatic hydroxyl groups is 1. The number of aromatic amines is 1. The second-order valence-electron chi connectivity index (χ2n) is 3.29. The van der Waals surface area contributed by atoms with Gasteiger partial charge in [-0.25, -0.2) is 0 Å². The first-order valence-electron chi connectivity index (χ1n) is 4.53. The van der Waals surface area contributed by atoms with Crippen molar-refractivity contribution in [2.75, 3.05) is 6.61 Å². The van der Waals surface area contributed by atoms with Crippen molar-refractivity contribution in [2.45, 2.75) is 13.5 Å². The largest absolute Gasteiger partial charge is 0.394 e. The molecule has 0 aliphatic heterocycles. The van der Waals surface area contributed by atoms with Crippen LogP contribution in [0, 0.1) is 6.92 Å². The molecule has 0 saturated carbocycles. The van der Waals surface area contributed by atoms with Gasteiger partial charge in [0, 0.05) is 0 Å². The molecule has 4 heteroatoms. The maximum absolute atomic E-state index is 11.5. The van der Waals surface area contributed by atoms with Crippen molar-refractivity contribution in [3.05, 3.63) is 34.1 Å². The Morgan fingerprint density at radius 3 is 3.00 bits per heavy atom. The highest BCUT2D eigenvalue weighted by Gasteiger charge is 2.07. The van der Waals surface area contributed by atoms with E-state index in [-0.39, 0.29) is 12.2 Å². The molecule has 0 spiro atoms. The minimum absolute atomic E-state index is 0.0215. The van der Waals surface area contributed by atoms with E-state index in [4.69, 9.17) is 5.11 Å². The second kappa shape index (κ2) is 3.31. The van der Waals surface area contributed by atoms with Crippen LogP contribution in [-0.2, 0) is 6.54 Å². The molecular formula is C10H12N2O2. The molecule has 1 aromatic carbocycles. The Hall–Kier alpha value is -1.55. The molecule has 0 atom stereocenters. The third-order valence-electron chi connectivity index (χ3n) is 2.33. The molecule has 0 radical (unpaired) electrons. The molecule has 74 valence electrons. The number of rotatable bonds is 2. The summed E-state index contributed by atoms with van der Waals surface area (Å²) in [6.07, 6.45) is 0. The van der Waals surface area contributed by atoms with E-state index >= 15 is 0 Å². The number of aryl methyl sites for hydroxylation is 1. The van der Waals surface area contributed by atoms with Gasteiger partial charge in [-0.05, 0) is 18.6 Å². The minimum Gasteiger partial charge on any atom is -0.394 e. The summed E-state index contributed by atoms with van der Waals surface area (Å²) >= 11 is 0. The van der Waals surface area contributed by atoms with Gasteiger partial charge in [-0.15, -0.1) is 0 Å². The molecule has 0 aliphatic rings. The molecule has 1 aromatic heterocycles. The number of hydrogen-bond acceptors (Lipinski definition) is 2. The maximum Gasteiger partial charge on any atom is 0.272 e. The van der Waals surface area contributed by atoms with E-state index in [1.54, 1.807) is 4.68 Å². The summed E-state index contributed by atoms with van der Waals surface area (Å²) in [6, 6.07) is 5.68. The summed E-state index contributed by atoms with van der Waals surface area (Å²) in [5.41, 5.74) is 1.72. The summed E-state index contributed by atoms with van der Waals surface area (Å²) in [5, 5.41) is 12.2. The van der Waals surface area contributed by atoms with Gasteiger partial charge in [-0.2, -0.15) is 0 Å². The Morgan fingerprint density at radius 1 is 1.50 bits per heavy atom. The highest BCUT2D eigenvalue weighted by atomic mass is 16.3. The Kier molecular flexibility index (Phi) is 2.13. The molecule has 0 amide bonds. The van der Waals surface area contributed by atoms with E-state index in [2.05, 4.69) is 5.10 Å². The fraction of sp³-hybridized carbons (Fsp3) is 0.300. The van der Waals surface area contributed by atoms with Crippen LogP contribution in [0.1, 0.15) is 5.56 Å². The Morgan fingerprint density at radius 2 is 2.29 bits per heavy atom. The number of aromatic nitrogens is 2. The van der Waals surface area contributed by atoms with Gasteiger partial charge in [-0.1, -0.05) is 12.1 Å². The van der Waals surface area contributed by atoms with Crippen LogP contribution in [0.4, 0.5) is 0 Å². The van der Waals surface area contributed by atoms with Crippen LogP contribution in [-0.4, -0.2) is 21.5 Å². The SMILES string of the molecule is Cc1cccc2c1c(=O)[nH]n2CCO. The zero-order valence-electron chi connectivity index (χ0n) is 7.95. The third-order valence-corrected chi connectivity index (χ3v) is 2.33. The molecule has 1 heterocycles. The Bertz CT molecular complexity index is 510. The number of aliphatic hydroxyl groups excluding tert-OH is 1. The van der Waals surface area contributed by atoms with Crippen LogP contribution < -0.4 is 5.56 Å². The van der Waals surface area contributed by atoms with Gasteiger partial charge in [0.05, 0.1) is 24.1 Å². The molecule has 4 nitrogen and oxygen atoms in total. The fourth-order valence-corrected chi connectivity index (χ4v) is 1.69. The zero-order chi connectivity index (χ0) is 10.1. The van der Waals surface area contributed by atoms with Gasteiger partial charge < -0.3 is 5.11 Å². The summed E-state index contributed by atoms with van der Waals surface area (Å²) in [5.74, 6) is 0. The molecule has 2 aromatic rings. The van der Waals surface area contributed by atoms with Crippen LogP contribution in [0.25, 0.3) is 10.9 Å². The van der Waals surface area contributed by atoms with Crippen molar-refractivity contribution >= 4 is 10.9 Å².